The maximum atomic E-state index is 12.9. The smallest absolute Gasteiger partial charge is 0.255 e. The molecule has 2 aliphatic heterocycles. The van der Waals surface area contributed by atoms with Gasteiger partial charge in [0.1, 0.15) is 11.7 Å². The number of anilines is 1. The summed E-state index contributed by atoms with van der Waals surface area (Å²) in [7, 11) is 0. The van der Waals surface area contributed by atoms with Crippen LogP contribution in [0, 0.1) is 5.92 Å². The van der Waals surface area contributed by atoms with E-state index in [1.54, 1.807) is 17.9 Å². The molecule has 7 nitrogen and oxygen atoms in total. The van der Waals surface area contributed by atoms with Crippen LogP contribution in [-0.4, -0.2) is 46.9 Å². The summed E-state index contributed by atoms with van der Waals surface area (Å²) in [5.74, 6) is 0.483. The summed E-state index contributed by atoms with van der Waals surface area (Å²) in [4.78, 5) is 40.0. The third-order valence-electron chi connectivity index (χ3n) is 6.97. The first-order chi connectivity index (χ1) is 14.4. The Morgan fingerprint density at radius 1 is 1.13 bits per heavy atom. The van der Waals surface area contributed by atoms with Gasteiger partial charge in [0.05, 0.1) is 5.56 Å². The number of nitrogens with one attached hydrogen (secondary N) is 3. The number of likely N-dealkylation sites (tertiary alicyclic amines) is 1. The molecule has 1 aliphatic carbocycles. The van der Waals surface area contributed by atoms with Crippen molar-refractivity contribution < 1.29 is 14.4 Å². The number of fused-ring (bicyclic) bond motifs is 1. The molecule has 7 heteroatoms. The lowest BCUT2D eigenvalue weighted by Crippen LogP contribution is -2.58. The molecule has 1 aromatic carbocycles. The minimum absolute atomic E-state index is 0.0401. The highest BCUT2D eigenvalue weighted by Gasteiger charge is 2.41. The highest BCUT2D eigenvalue weighted by atomic mass is 16.2. The summed E-state index contributed by atoms with van der Waals surface area (Å²) in [6, 6.07) is 7.10. The summed E-state index contributed by atoms with van der Waals surface area (Å²) in [6.45, 7) is 4.48. The quantitative estimate of drug-likeness (QED) is 0.712. The predicted molar refractivity (Wildman–Crippen MR) is 115 cm³/mol. The van der Waals surface area contributed by atoms with E-state index >= 15 is 0 Å². The second-order valence-electron chi connectivity index (χ2n) is 9.19. The van der Waals surface area contributed by atoms with Crippen LogP contribution in [0.25, 0.3) is 0 Å². The molecular weight excluding hydrogens is 380 g/mol. The third-order valence-corrected chi connectivity index (χ3v) is 6.97. The molecule has 4 rings (SSSR count). The molecule has 162 valence electrons. The highest BCUT2D eigenvalue weighted by Crippen LogP contribution is 2.32. The van der Waals surface area contributed by atoms with Crippen LogP contribution in [0.5, 0.6) is 0 Å². The fourth-order valence-electron chi connectivity index (χ4n) is 4.92. The molecule has 2 unspecified atom stereocenters. The normalized spacial score (nSPS) is 30.0. The lowest BCUT2D eigenvalue weighted by atomic mass is 9.87. The minimum Gasteiger partial charge on any atom is -0.362 e. The molecule has 1 aromatic rings. The second kappa shape index (κ2) is 8.28. The van der Waals surface area contributed by atoms with Crippen molar-refractivity contribution in [1.29, 1.82) is 0 Å². The van der Waals surface area contributed by atoms with Crippen molar-refractivity contribution in [2.75, 3.05) is 11.9 Å². The SMILES string of the molecule is CC1CCC(NC(=O)C(C)N2CCC3(CCC2=O)NC(=O)c2ccccc2N3)CC1. The van der Waals surface area contributed by atoms with Crippen LogP contribution in [0.3, 0.4) is 0 Å². The van der Waals surface area contributed by atoms with Crippen molar-refractivity contribution in [1.82, 2.24) is 15.5 Å². The van der Waals surface area contributed by atoms with E-state index in [0.29, 0.717) is 24.9 Å². The van der Waals surface area contributed by atoms with Gasteiger partial charge in [-0.1, -0.05) is 19.1 Å². The molecule has 30 heavy (non-hydrogen) atoms. The van der Waals surface area contributed by atoms with E-state index in [9.17, 15) is 14.4 Å². The first-order valence-electron chi connectivity index (χ1n) is 11.2. The van der Waals surface area contributed by atoms with Crippen LogP contribution in [0.4, 0.5) is 5.69 Å². The minimum atomic E-state index is -0.661. The summed E-state index contributed by atoms with van der Waals surface area (Å²) < 4.78 is 0. The topological polar surface area (TPSA) is 90.5 Å². The second-order valence-corrected chi connectivity index (χ2v) is 9.19. The van der Waals surface area contributed by atoms with Crippen molar-refractivity contribution in [3.8, 4) is 0 Å². The third kappa shape index (κ3) is 4.16. The molecule has 1 saturated heterocycles. The zero-order valence-corrected chi connectivity index (χ0v) is 17.9. The average molecular weight is 413 g/mol. The fraction of sp³-hybridized carbons (Fsp3) is 0.609. The van der Waals surface area contributed by atoms with Gasteiger partial charge in [0, 0.05) is 31.1 Å². The number of carbonyl (C=O) groups is 3. The monoisotopic (exact) mass is 412 g/mol. The Labute approximate surface area is 178 Å². The predicted octanol–water partition coefficient (Wildman–Crippen LogP) is 2.63. The molecule has 2 heterocycles. The van der Waals surface area contributed by atoms with Crippen molar-refractivity contribution in [3.63, 3.8) is 0 Å². The van der Waals surface area contributed by atoms with Crippen LogP contribution >= 0.6 is 0 Å². The number of carbonyl (C=O) groups excluding carboxylic acids is 3. The van der Waals surface area contributed by atoms with Gasteiger partial charge in [0.15, 0.2) is 0 Å². The Hall–Kier alpha value is -2.57. The lowest BCUT2D eigenvalue weighted by molar-refractivity contribution is -0.139. The molecule has 3 aliphatic rings. The van der Waals surface area contributed by atoms with E-state index in [0.717, 1.165) is 37.3 Å². The van der Waals surface area contributed by atoms with Gasteiger partial charge in [0.2, 0.25) is 11.8 Å². The van der Waals surface area contributed by atoms with Crippen molar-refractivity contribution in [2.24, 2.45) is 5.92 Å². The van der Waals surface area contributed by atoms with Gasteiger partial charge in [-0.25, -0.2) is 0 Å². The largest absolute Gasteiger partial charge is 0.362 e. The van der Waals surface area contributed by atoms with Crippen molar-refractivity contribution in [2.45, 2.75) is 76.5 Å². The Morgan fingerprint density at radius 2 is 1.87 bits per heavy atom. The first-order valence-corrected chi connectivity index (χ1v) is 11.2. The lowest BCUT2D eigenvalue weighted by Gasteiger charge is -2.40. The Balaban J connectivity index is 1.41. The van der Waals surface area contributed by atoms with Crippen LogP contribution in [0.1, 0.15) is 69.2 Å². The molecule has 1 saturated carbocycles. The van der Waals surface area contributed by atoms with Crippen molar-refractivity contribution >= 4 is 23.4 Å². The van der Waals surface area contributed by atoms with Gasteiger partial charge < -0.3 is 20.9 Å². The van der Waals surface area contributed by atoms with Gasteiger partial charge in [0.25, 0.3) is 5.91 Å². The highest BCUT2D eigenvalue weighted by molar-refractivity contribution is 6.02. The van der Waals surface area contributed by atoms with Gasteiger partial charge in [-0.05, 0) is 57.1 Å². The number of benzene rings is 1. The number of hydrogen-bond donors (Lipinski definition) is 3. The summed E-state index contributed by atoms with van der Waals surface area (Å²) >= 11 is 0. The summed E-state index contributed by atoms with van der Waals surface area (Å²) in [5.41, 5.74) is 0.746. The standard InChI is InChI=1S/C23H32N4O3/c1-15-7-9-17(10-8-15)24-21(29)16(2)27-14-13-23(12-11-20(27)28)25-19-6-4-3-5-18(19)22(30)26-23/h3-6,15-17,25H,7-14H2,1-2H3,(H,24,29)(H,26,30). The van der Waals surface area contributed by atoms with E-state index < -0.39 is 11.7 Å². The first kappa shape index (κ1) is 20.7. The van der Waals surface area contributed by atoms with Gasteiger partial charge in [-0.3, -0.25) is 14.4 Å². The molecule has 3 N–H and O–H groups in total. The van der Waals surface area contributed by atoms with Crippen LogP contribution in [0.2, 0.25) is 0 Å². The molecule has 3 amide bonds. The Bertz CT molecular complexity index is 833. The number of nitrogens with zero attached hydrogens (tertiary/aromatic N) is 1. The van der Waals surface area contributed by atoms with E-state index in [1.807, 2.05) is 18.2 Å². The molecule has 0 radical (unpaired) electrons. The van der Waals surface area contributed by atoms with Gasteiger partial charge >= 0.3 is 0 Å². The number of hydrogen-bond acceptors (Lipinski definition) is 4. The van der Waals surface area contributed by atoms with E-state index in [1.165, 1.54) is 0 Å². The number of rotatable bonds is 3. The van der Waals surface area contributed by atoms with Crippen LogP contribution in [0.15, 0.2) is 24.3 Å². The van der Waals surface area contributed by atoms with Crippen LogP contribution in [-0.2, 0) is 9.59 Å². The summed E-state index contributed by atoms with van der Waals surface area (Å²) in [6.07, 6.45) is 5.62. The maximum absolute atomic E-state index is 12.9. The average Bonchev–Trinajstić information content (AvgIpc) is 2.88. The molecule has 2 fully saturated rings. The van der Waals surface area contributed by atoms with Crippen LogP contribution < -0.4 is 16.0 Å². The van der Waals surface area contributed by atoms with Crippen molar-refractivity contribution in [3.05, 3.63) is 29.8 Å². The van der Waals surface area contributed by atoms with E-state index in [-0.39, 0.29) is 30.2 Å². The zero-order valence-electron chi connectivity index (χ0n) is 17.9. The molecular formula is C23H32N4O3. The van der Waals surface area contributed by atoms with E-state index in [4.69, 9.17) is 0 Å². The summed E-state index contributed by atoms with van der Waals surface area (Å²) in [5, 5.41) is 9.68. The van der Waals surface area contributed by atoms with Gasteiger partial charge in [-0.15, -0.1) is 0 Å². The van der Waals surface area contributed by atoms with E-state index in [2.05, 4.69) is 22.9 Å². The molecule has 2 atom stereocenters. The molecule has 0 bridgehead atoms. The maximum Gasteiger partial charge on any atom is 0.255 e. The van der Waals surface area contributed by atoms with Gasteiger partial charge in [-0.2, -0.15) is 0 Å². The molecule has 1 spiro atoms. The Morgan fingerprint density at radius 3 is 2.63 bits per heavy atom. The zero-order chi connectivity index (χ0) is 21.3. The Kier molecular flexibility index (Phi) is 5.71. The number of amides is 3. The molecule has 0 aromatic heterocycles. The number of para-hydroxylation sites is 1. The fourth-order valence-corrected chi connectivity index (χ4v) is 4.92.